The van der Waals surface area contributed by atoms with Crippen LogP contribution >= 0.6 is 27.7 Å². The average molecular weight is 386 g/mol. The first kappa shape index (κ1) is 17.0. The Morgan fingerprint density at radius 1 is 1.50 bits per heavy atom. The Bertz CT molecular complexity index is 635. The minimum Gasteiger partial charge on any atom is -0.411 e. The van der Waals surface area contributed by atoms with E-state index >= 15 is 0 Å². The molecule has 8 heteroatoms. The topological polar surface area (TPSA) is 77.2 Å². The number of aromatic nitrogens is 2. The van der Waals surface area contributed by atoms with Crippen LogP contribution in [0.2, 0.25) is 0 Å². The Kier molecular flexibility index (Phi) is 6.41. The predicted octanol–water partition coefficient (Wildman–Crippen LogP) is 2.74. The lowest BCUT2D eigenvalue weighted by atomic mass is 10.2. The summed E-state index contributed by atoms with van der Waals surface area (Å²) in [5.74, 6) is 0.333. The third kappa shape index (κ3) is 4.82. The van der Waals surface area contributed by atoms with Crippen LogP contribution in [0.15, 0.2) is 38.4 Å². The van der Waals surface area contributed by atoms with Crippen molar-refractivity contribution in [1.82, 2.24) is 15.5 Å². The molecule has 2 aromatic rings. The Morgan fingerprint density at radius 3 is 3.05 bits per heavy atom. The van der Waals surface area contributed by atoms with Crippen LogP contribution in [0.4, 0.5) is 0 Å². The fourth-order valence-electron chi connectivity index (χ4n) is 1.62. The van der Waals surface area contributed by atoms with E-state index < -0.39 is 0 Å². The Hall–Kier alpha value is -1.38. The molecule has 1 aromatic heterocycles. The number of amides is 1. The molecule has 0 saturated heterocycles. The number of rotatable bonds is 7. The first-order valence-electron chi connectivity index (χ1n) is 6.63. The summed E-state index contributed by atoms with van der Waals surface area (Å²) < 4.78 is 11.4. The standard InChI is InChI=1S/C14H16BrN3O3S/c1-9(12(19)16-6-7-20-2)22-14-18-17-13(21-14)10-4-3-5-11(15)8-10/h3-5,8-9H,6-7H2,1-2H3,(H,16,19)/t9-/m1/s1. The highest BCUT2D eigenvalue weighted by molar-refractivity contribution is 9.10. The summed E-state index contributed by atoms with van der Waals surface area (Å²) in [6.45, 7) is 2.75. The summed E-state index contributed by atoms with van der Waals surface area (Å²) in [7, 11) is 1.59. The van der Waals surface area contributed by atoms with E-state index in [0.29, 0.717) is 24.3 Å². The van der Waals surface area contributed by atoms with Gasteiger partial charge in [-0.05, 0) is 25.1 Å². The Balaban J connectivity index is 1.95. The first-order chi connectivity index (χ1) is 10.6. The molecule has 0 unspecified atom stereocenters. The SMILES string of the molecule is COCCNC(=O)[C@@H](C)Sc1nnc(-c2cccc(Br)c2)o1. The molecule has 22 heavy (non-hydrogen) atoms. The van der Waals surface area contributed by atoms with Gasteiger partial charge in [-0.3, -0.25) is 4.79 Å². The molecule has 0 saturated carbocycles. The number of nitrogens with zero attached hydrogens (tertiary/aromatic N) is 2. The highest BCUT2D eigenvalue weighted by Crippen LogP contribution is 2.27. The summed E-state index contributed by atoms with van der Waals surface area (Å²) >= 11 is 4.62. The second-order valence-electron chi connectivity index (χ2n) is 4.43. The van der Waals surface area contributed by atoms with E-state index in [1.807, 2.05) is 24.3 Å². The predicted molar refractivity (Wildman–Crippen MR) is 87.6 cm³/mol. The number of nitrogens with one attached hydrogen (secondary N) is 1. The van der Waals surface area contributed by atoms with E-state index in [2.05, 4.69) is 31.4 Å². The van der Waals surface area contributed by atoms with Gasteiger partial charge in [-0.2, -0.15) is 0 Å². The fourth-order valence-corrected chi connectivity index (χ4v) is 2.73. The maximum atomic E-state index is 11.9. The van der Waals surface area contributed by atoms with Crippen molar-refractivity contribution in [2.24, 2.45) is 0 Å². The smallest absolute Gasteiger partial charge is 0.277 e. The number of benzene rings is 1. The zero-order valence-corrected chi connectivity index (χ0v) is 14.6. The second-order valence-corrected chi connectivity index (χ2v) is 6.64. The average Bonchev–Trinajstić information content (AvgIpc) is 2.96. The molecule has 1 heterocycles. The molecule has 1 aromatic carbocycles. The van der Waals surface area contributed by atoms with Crippen LogP contribution in [-0.4, -0.2) is 41.6 Å². The molecule has 1 amide bonds. The number of methoxy groups -OCH3 is 1. The number of ether oxygens (including phenoxy) is 1. The summed E-state index contributed by atoms with van der Waals surface area (Å²) in [4.78, 5) is 11.9. The van der Waals surface area contributed by atoms with Crippen molar-refractivity contribution in [3.63, 3.8) is 0 Å². The Labute approximate surface area is 141 Å². The maximum absolute atomic E-state index is 11.9. The van der Waals surface area contributed by atoms with Gasteiger partial charge in [0.2, 0.25) is 11.8 Å². The largest absolute Gasteiger partial charge is 0.411 e. The summed E-state index contributed by atoms with van der Waals surface area (Å²) in [5.41, 5.74) is 0.825. The molecule has 0 aliphatic heterocycles. The first-order valence-corrected chi connectivity index (χ1v) is 8.30. The van der Waals surface area contributed by atoms with Crippen molar-refractivity contribution >= 4 is 33.6 Å². The quantitative estimate of drug-likeness (QED) is 0.583. The van der Waals surface area contributed by atoms with E-state index in [0.717, 1.165) is 10.0 Å². The minimum atomic E-state index is -0.326. The van der Waals surface area contributed by atoms with E-state index in [-0.39, 0.29) is 11.2 Å². The van der Waals surface area contributed by atoms with Gasteiger partial charge in [-0.1, -0.05) is 33.8 Å². The van der Waals surface area contributed by atoms with E-state index in [1.165, 1.54) is 11.8 Å². The highest BCUT2D eigenvalue weighted by atomic mass is 79.9. The number of hydrogen-bond acceptors (Lipinski definition) is 6. The van der Waals surface area contributed by atoms with Gasteiger partial charge in [0.25, 0.3) is 5.22 Å². The molecule has 0 fully saturated rings. The fraction of sp³-hybridized carbons (Fsp3) is 0.357. The van der Waals surface area contributed by atoms with Gasteiger partial charge in [0.05, 0.1) is 11.9 Å². The molecule has 6 nitrogen and oxygen atoms in total. The Morgan fingerprint density at radius 2 is 2.32 bits per heavy atom. The van der Waals surface area contributed by atoms with Gasteiger partial charge in [0, 0.05) is 23.7 Å². The van der Waals surface area contributed by atoms with Gasteiger partial charge in [-0.25, -0.2) is 0 Å². The van der Waals surface area contributed by atoms with Gasteiger partial charge < -0.3 is 14.5 Å². The van der Waals surface area contributed by atoms with Gasteiger partial charge in [0.1, 0.15) is 0 Å². The molecule has 2 rings (SSSR count). The maximum Gasteiger partial charge on any atom is 0.277 e. The monoisotopic (exact) mass is 385 g/mol. The number of carbonyl (C=O) groups is 1. The van der Waals surface area contributed by atoms with Gasteiger partial charge in [-0.15, -0.1) is 10.2 Å². The minimum absolute atomic E-state index is 0.0933. The van der Waals surface area contributed by atoms with Crippen LogP contribution in [0.1, 0.15) is 6.92 Å². The van der Waals surface area contributed by atoms with Gasteiger partial charge in [0.15, 0.2) is 0 Å². The van der Waals surface area contributed by atoms with Crippen LogP contribution in [-0.2, 0) is 9.53 Å². The van der Waals surface area contributed by atoms with Crippen molar-refractivity contribution in [3.05, 3.63) is 28.7 Å². The third-order valence-corrected chi connectivity index (χ3v) is 4.16. The molecule has 0 aliphatic rings. The van der Waals surface area contributed by atoms with Crippen LogP contribution in [0, 0.1) is 0 Å². The molecule has 118 valence electrons. The van der Waals surface area contributed by atoms with Crippen molar-refractivity contribution in [2.45, 2.75) is 17.4 Å². The van der Waals surface area contributed by atoms with Crippen molar-refractivity contribution in [2.75, 3.05) is 20.3 Å². The van der Waals surface area contributed by atoms with E-state index in [4.69, 9.17) is 9.15 Å². The molecule has 0 radical (unpaired) electrons. The molecule has 0 aliphatic carbocycles. The molecular weight excluding hydrogens is 370 g/mol. The second kappa shape index (κ2) is 8.30. The lowest BCUT2D eigenvalue weighted by molar-refractivity contribution is -0.120. The van der Waals surface area contributed by atoms with Crippen molar-refractivity contribution < 1.29 is 13.9 Å². The normalized spacial score (nSPS) is 12.1. The van der Waals surface area contributed by atoms with E-state index in [1.54, 1.807) is 14.0 Å². The summed E-state index contributed by atoms with van der Waals surface area (Å²) in [6.07, 6.45) is 0. The number of carbonyl (C=O) groups excluding carboxylic acids is 1. The van der Waals surface area contributed by atoms with Crippen LogP contribution < -0.4 is 5.32 Å². The molecule has 0 spiro atoms. The van der Waals surface area contributed by atoms with Gasteiger partial charge >= 0.3 is 0 Å². The molecule has 1 atom stereocenters. The number of halogens is 1. The van der Waals surface area contributed by atoms with Crippen LogP contribution in [0.3, 0.4) is 0 Å². The lowest BCUT2D eigenvalue weighted by Crippen LogP contribution is -2.33. The highest BCUT2D eigenvalue weighted by Gasteiger charge is 2.18. The third-order valence-electron chi connectivity index (χ3n) is 2.73. The van der Waals surface area contributed by atoms with E-state index in [9.17, 15) is 4.79 Å². The summed E-state index contributed by atoms with van der Waals surface area (Å²) in [5, 5.41) is 10.8. The summed E-state index contributed by atoms with van der Waals surface area (Å²) in [6, 6.07) is 7.58. The number of hydrogen-bond donors (Lipinski definition) is 1. The zero-order chi connectivity index (χ0) is 15.9. The molecule has 1 N–H and O–H groups in total. The number of thioether (sulfide) groups is 1. The zero-order valence-electron chi connectivity index (χ0n) is 12.2. The van der Waals surface area contributed by atoms with Crippen molar-refractivity contribution in [1.29, 1.82) is 0 Å². The molecular formula is C14H16BrN3O3S. The van der Waals surface area contributed by atoms with Crippen LogP contribution in [0.5, 0.6) is 0 Å². The van der Waals surface area contributed by atoms with Crippen molar-refractivity contribution in [3.8, 4) is 11.5 Å². The lowest BCUT2D eigenvalue weighted by Gasteiger charge is -2.08. The molecule has 0 bridgehead atoms. The van der Waals surface area contributed by atoms with Crippen LogP contribution in [0.25, 0.3) is 11.5 Å².